The number of hydrogen-bond acceptors (Lipinski definition) is 3. The largest absolute Gasteiger partial charge is 0.369 e. The number of nitrogens with zero attached hydrogens (tertiary/aromatic N) is 1. The fourth-order valence-electron chi connectivity index (χ4n) is 1.32. The predicted octanol–water partition coefficient (Wildman–Crippen LogP) is -1.46. The minimum Gasteiger partial charge on any atom is -0.369 e. The fraction of sp³-hybridized carbons (Fsp3) is 0.750. The van der Waals surface area contributed by atoms with Gasteiger partial charge in [-0.25, -0.2) is 0 Å². The van der Waals surface area contributed by atoms with Gasteiger partial charge in [0.1, 0.15) is 0 Å². The Morgan fingerprint density at radius 2 is 2.46 bits per heavy atom. The summed E-state index contributed by atoms with van der Waals surface area (Å²) in [5, 5.41) is 2.72. The van der Waals surface area contributed by atoms with E-state index in [0.717, 1.165) is 6.54 Å². The van der Waals surface area contributed by atoms with Crippen molar-refractivity contribution in [3.8, 4) is 0 Å². The minimum absolute atomic E-state index is 0.0166. The van der Waals surface area contributed by atoms with Gasteiger partial charge in [-0.05, 0) is 0 Å². The summed E-state index contributed by atoms with van der Waals surface area (Å²) in [6, 6.07) is 0. The van der Waals surface area contributed by atoms with Crippen molar-refractivity contribution in [1.82, 2.24) is 10.2 Å². The van der Waals surface area contributed by atoms with Gasteiger partial charge in [0.15, 0.2) is 0 Å². The highest BCUT2D eigenvalue weighted by atomic mass is 16.2. The van der Waals surface area contributed by atoms with Gasteiger partial charge in [0, 0.05) is 25.6 Å². The van der Waals surface area contributed by atoms with Crippen LogP contribution in [0.25, 0.3) is 0 Å². The van der Waals surface area contributed by atoms with Crippen LogP contribution in [0.5, 0.6) is 0 Å². The average Bonchev–Trinajstić information content (AvgIpc) is 2.04. The first kappa shape index (κ1) is 9.98. The van der Waals surface area contributed by atoms with E-state index in [1.807, 2.05) is 4.90 Å². The number of hydrogen-bond donors (Lipinski definition) is 2. The Kier molecular flexibility index (Phi) is 3.25. The zero-order valence-corrected chi connectivity index (χ0v) is 7.75. The summed E-state index contributed by atoms with van der Waals surface area (Å²) in [6.45, 7) is 4.17. The third-order valence-electron chi connectivity index (χ3n) is 2.14. The molecule has 5 nitrogen and oxygen atoms in total. The molecule has 0 radical (unpaired) electrons. The van der Waals surface area contributed by atoms with Crippen LogP contribution in [0.4, 0.5) is 0 Å². The summed E-state index contributed by atoms with van der Waals surface area (Å²) in [7, 11) is 0. The molecule has 1 saturated heterocycles. The van der Waals surface area contributed by atoms with Gasteiger partial charge >= 0.3 is 0 Å². The molecule has 74 valence electrons. The number of carbonyl (C=O) groups is 2. The molecule has 0 bridgehead atoms. The second-order valence-corrected chi connectivity index (χ2v) is 3.39. The van der Waals surface area contributed by atoms with Gasteiger partial charge in [-0.2, -0.15) is 0 Å². The zero-order chi connectivity index (χ0) is 9.84. The number of carbonyl (C=O) groups excluding carboxylic acids is 2. The lowest BCUT2D eigenvalue weighted by Gasteiger charge is -2.27. The number of nitrogens with one attached hydrogen (secondary N) is 1. The predicted molar refractivity (Wildman–Crippen MR) is 47.8 cm³/mol. The Morgan fingerprint density at radius 3 is 3.00 bits per heavy atom. The maximum Gasteiger partial charge on any atom is 0.234 e. The molecule has 1 heterocycles. The summed E-state index contributed by atoms with van der Waals surface area (Å²) < 4.78 is 0. The van der Waals surface area contributed by atoms with Gasteiger partial charge in [0.25, 0.3) is 0 Å². The molecule has 2 amide bonds. The molecule has 0 aromatic heterocycles. The van der Waals surface area contributed by atoms with E-state index in [1.54, 1.807) is 6.92 Å². The smallest absolute Gasteiger partial charge is 0.234 e. The van der Waals surface area contributed by atoms with Crippen LogP contribution in [-0.4, -0.2) is 42.9 Å². The lowest BCUT2D eigenvalue weighted by atomic mass is 10.1. The van der Waals surface area contributed by atoms with Crippen LogP contribution in [-0.2, 0) is 9.59 Å². The van der Waals surface area contributed by atoms with E-state index in [1.165, 1.54) is 0 Å². The highest BCUT2D eigenvalue weighted by molar-refractivity contribution is 5.79. The van der Waals surface area contributed by atoms with Crippen molar-refractivity contribution in [2.75, 3.05) is 26.2 Å². The lowest BCUT2D eigenvalue weighted by molar-refractivity contribution is -0.126. The monoisotopic (exact) mass is 185 g/mol. The van der Waals surface area contributed by atoms with Crippen LogP contribution in [0.2, 0.25) is 0 Å². The second-order valence-electron chi connectivity index (χ2n) is 3.39. The molecule has 0 spiro atoms. The molecule has 1 unspecified atom stereocenters. The van der Waals surface area contributed by atoms with Crippen LogP contribution >= 0.6 is 0 Å². The normalized spacial score (nSPS) is 20.8. The molecular weight excluding hydrogens is 170 g/mol. The first-order valence-electron chi connectivity index (χ1n) is 4.38. The van der Waals surface area contributed by atoms with Crippen molar-refractivity contribution in [2.24, 2.45) is 11.7 Å². The van der Waals surface area contributed by atoms with E-state index in [4.69, 9.17) is 5.73 Å². The molecule has 1 aliphatic rings. The van der Waals surface area contributed by atoms with E-state index in [-0.39, 0.29) is 17.7 Å². The molecule has 5 heteroatoms. The molecule has 0 saturated carbocycles. The molecule has 0 aliphatic carbocycles. The summed E-state index contributed by atoms with van der Waals surface area (Å²) in [5.41, 5.74) is 5.12. The van der Waals surface area contributed by atoms with E-state index < -0.39 is 0 Å². The van der Waals surface area contributed by atoms with Crippen LogP contribution in [0.1, 0.15) is 6.92 Å². The number of amides is 2. The molecule has 3 N–H and O–H groups in total. The van der Waals surface area contributed by atoms with Crippen molar-refractivity contribution < 1.29 is 9.59 Å². The van der Waals surface area contributed by atoms with Crippen molar-refractivity contribution >= 4 is 11.8 Å². The molecule has 0 aromatic rings. The van der Waals surface area contributed by atoms with Crippen LogP contribution in [0.15, 0.2) is 0 Å². The lowest BCUT2D eigenvalue weighted by Crippen LogP contribution is -2.49. The SMILES string of the molecule is CC(CN1CCNC(=O)C1)C(N)=O. The van der Waals surface area contributed by atoms with Crippen molar-refractivity contribution in [2.45, 2.75) is 6.92 Å². The van der Waals surface area contributed by atoms with Gasteiger partial charge in [-0.1, -0.05) is 6.92 Å². The van der Waals surface area contributed by atoms with Gasteiger partial charge < -0.3 is 11.1 Å². The molecule has 1 atom stereocenters. The number of primary amides is 1. The first-order chi connectivity index (χ1) is 6.09. The quantitative estimate of drug-likeness (QED) is 0.564. The molecular formula is C8H15N3O2. The van der Waals surface area contributed by atoms with Crippen LogP contribution in [0, 0.1) is 5.92 Å². The molecule has 1 aliphatic heterocycles. The summed E-state index contributed by atoms with van der Waals surface area (Å²) in [5.74, 6) is -0.486. The topological polar surface area (TPSA) is 75.4 Å². The van der Waals surface area contributed by atoms with E-state index in [2.05, 4.69) is 5.32 Å². The summed E-state index contributed by atoms with van der Waals surface area (Å²) >= 11 is 0. The fourth-order valence-corrected chi connectivity index (χ4v) is 1.32. The Morgan fingerprint density at radius 1 is 1.77 bits per heavy atom. The Bertz CT molecular complexity index is 217. The van der Waals surface area contributed by atoms with E-state index in [0.29, 0.717) is 19.6 Å². The van der Waals surface area contributed by atoms with E-state index in [9.17, 15) is 9.59 Å². The molecule has 13 heavy (non-hydrogen) atoms. The van der Waals surface area contributed by atoms with Gasteiger partial charge in [0.05, 0.1) is 6.54 Å². The Hall–Kier alpha value is -1.10. The van der Waals surface area contributed by atoms with E-state index >= 15 is 0 Å². The van der Waals surface area contributed by atoms with Gasteiger partial charge in [0.2, 0.25) is 11.8 Å². The second kappa shape index (κ2) is 4.23. The third-order valence-corrected chi connectivity index (χ3v) is 2.14. The van der Waals surface area contributed by atoms with Crippen LogP contribution < -0.4 is 11.1 Å². The highest BCUT2D eigenvalue weighted by Crippen LogP contribution is 2.00. The maximum absolute atomic E-state index is 11.0. The maximum atomic E-state index is 11.0. The number of nitrogens with two attached hydrogens (primary N) is 1. The highest BCUT2D eigenvalue weighted by Gasteiger charge is 2.19. The Labute approximate surface area is 77.3 Å². The zero-order valence-electron chi connectivity index (χ0n) is 7.75. The van der Waals surface area contributed by atoms with Crippen molar-refractivity contribution in [3.63, 3.8) is 0 Å². The molecule has 0 aromatic carbocycles. The third kappa shape index (κ3) is 3.02. The first-order valence-corrected chi connectivity index (χ1v) is 4.38. The molecule has 1 fully saturated rings. The summed E-state index contributed by atoms with van der Waals surface area (Å²) in [6.07, 6.45) is 0. The average molecular weight is 185 g/mol. The minimum atomic E-state index is -0.314. The Balaban J connectivity index is 2.35. The van der Waals surface area contributed by atoms with Gasteiger partial charge in [-0.15, -0.1) is 0 Å². The van der Waals surface area contributed by atoms with Crippen molar-refractivity contribution in [3.05, 3.63) is 0 Å². The number of rotatable bonds is 3. The van der Waals surface area contributed by atoms with Gasteiger partial charge in [-0.3, -0.25) is 14.5 Å². The standard InChI is InChI=1S/C8H15N3O2/c1-6(8(9)13)4-11-3-2-10-7(12)5-11/h6H,2-5H2,1H3,(H2,9,13)(H,10,12). The number of piperazine rings is 1. The van der Waals surface area contributed by atoms with Crippen molar-refractivity contribution in [1.29, 1.82) is 0 Å². The molecule has 1 rings (SSSR count). The summed E-state index contributed by atoms with van der Waals surface area (Å²) in [4.78, 5) is 23.6. The van der Waals surface area contributed by atoms with Crippen LogP contribution in [0.3, 0.4) is 0 Å².